The largest absolute Gasteiger partial charge is 0.384 e. The minimum Gasteiger partial charge on any atom is -0.384 e. The van der Waals surface area contributed by atoms with Crippen molar-refractivity contribution in [3.63, 3.8) is 0 Å². The zero-order valence-corrected chi connectivity index (χ0v) is 14.4. The summed E-state index contributed by atoms with van der Waals surface area (Å²) in [4.78, 5) is 11.6. The number of rotatable bonds is 1. The summed E-state index contributed by atoms with van der Waals surface area (Å²) in [6.45, 7) is 3.13. The highest BCUT2D eigenvalue weighted by atomic mass is 35.5. The molecule has 5 rings (SSSR count). The van der Waals surface area contributed by atoms with Gasteiger partial charge in [0.25, 0.3) is 0 Å². The monoisotopic (exact) mass is 340 g/mol. The Labute approximate surface area is 147 Å². The first-order valence-corrected chi connectivity index (χ1v) is 9.25. The van der Waals surface area contributed by atoms with Crippen LogP contribution in [0.25, 0.3) is 0 Å². The third-order valence-corrected chi connectivity index (χ3v) is 6.28. The summed E-state index contributed by atoms with van der Waals surface area (Å²) in [5, 5.41) is 4.42. The van der Waals surface area contributed by atoms with Crippen molar-refractivity contribution in [2.24, 2.45) is 0 Å². The first-order chi connectivity index (χ1) is 11.8. The molecule has 1 aromatic heterocycles. The zero-order valence-electron chi connectivity index (χ0n) is 13.7. The fourth-order valence-electron chi connectivity index (χ4n) is 4.68. The summed E-state index contributed by atoms with van der Waals surface area (Å²) in [6.07, 6.45) is 7.49. The smallest absolute Gasteiger partial charge is 0.135 e. The Kier molecular flexibility index (Phi) is 3.24. The summed E-state index contributed by atoms with van der Waals surface area (Å²) >= 11 is 6.26. The van der Waals surface area contributed by atoms with E-state index in [1.54, 1.807) is 6.33 Å². The molecule has 1 fully saturated rings. The third kappa shape index (κ3) is 2.12. The van der Waals surface area contributed by atoms with E-state index in [1.165, 1.54) is 34.7 Å². The highest BCUT2D eigenvalue weighted by Gasteiger charge is 2.42. The average Bonchev–Trinajstić information content (AvgIpc) is 3.21. The van der Waals surface area contributed by atoms with Crippen LogP contribution in [0.15, 0.2) is 24.5 Å². The molecule has 124 valence electrons. The summed E-state index contributed by atoms with van der Waals surface area (Å²) in [5.41, 5.74) is 5.55. The summed E-state index contributed by atoms with van der Waals surface area (Å²) < 4.78 is 0. The number of benzene rings is 1. The molecule has 0 saturated carbocycles. The minimum atomic E-state index is 0.229. The second kappa shape index (κ2) is 5.35. The Morgan fingerprint density at radius 2 is 2.00 bits per heavy atom. The van der Waals surface area contributed by atoms with Gasteiger partial charge in [0.05, 0.1) is 0 Å². The predicted molar refractivity (Wildman–Crippen MR) is 97.1 cm³/mol. The number of halogens is 1. The van der Waals surface area contributed by atoms with Gasteiger partial charge in [0, 0.05) is 47.0 Å². The number of anilines is 2. The molecule has 3 heterocycles. The first kappa shape index (κ1) is 14.5. The van der Waals surface area contributed by atoms with Gasteiger partial charge in [0.15, 0.2) is 0 Å². The highest BCUT2D eigenvalue weighted by Crippen LogP contribution is 2.45. The van der Waals surface area contributed by atoms with Gasteiger partial charge in [-0.25, -0.2) is 9.97 Å². The van der Waals surface area contributed by atoms with Crippen LogP contribution in [-0.2, 0) is 18.3 Å². The van der Waals surface area contributed by atoms with Crippen LogP contribution in [-0.4, -0.2) is 29.6 Å². The number of fused-ring (bicyclic) bond motifs is 3. The first-order valence-electron chi connectivity index (χ1n) is 8.87. The van der Waals surface area contributed by atoms with E-state index in [0.29, 0.717) is 0 Å². The van der Waals surface area contributed by atoms with Gasteiger partial charge >= 0.3 is 0 Å². The minimum absolute atomic E-state index is 0.229. The van der Waals surface area contributed by atoms with Crippen molar-refractivity contribution in [1.82, 2.24) is 9.97 Å². The van der Waals surface area contributed by atoms with Gasteiger partial charge < -0.3 is 10.2 Å². The van der Waals surface area contributed by atoms with Gasteiger partial charge in [-0.3, -0.25) is 0 Å². The topological polar surface area (TPSA) is 41.1 Å². The number of piperidine rings is 1. The van der Waals surface area contributed by atoms with E-state index >= 15 is 0 Å². The zero-order chi connectivity index (χ0) is 16.1. The number of aryl methyl sites for hydroxylation is 1. The van der Waals surface area contributed by atoms with Crippen LogP contribution in [0.5, 0.6) is 0 Å². The van der Waals surface area contributed by atoms with E-state index in [0.717, 1.165) is 50.3 Å². The molecule has 1 aromatic carbocycles. The number of hydrogen-bond acceptors (Lipinski definition) is 4. The number of aromatic nitrogens is 2. The maximum Gasteiger partial charge on any atom is 0.135 e. The standard InChI is InChI=1S/C19H21ClN4/c20-13-4-5-17-15(10-13)19(11-21-17)6-8-24(9-7-19)18-14-2-1-3-16(14)22-12-23-18/h4-5,10,12,21H,1-3,6-9,11H2. The van der Waals surface area contributed by atoms with Gasteiger partial charge in [-0.1, -0.05) is 11.6 Å². The molecule has 1 N–H and O–H groups in total. The molecule has 1 saturated heterocycles. The lowest BCUT2D eigenvalue weighted by Crippen LogP contribution is -2.44. The molecular weight excluding hydrogens is 320 g/mol. The highest BCUT2D eigenvalue weighted by molar-refractivity contribution is 6.30. The van der Waals surface area contributed by atoms with Crippen molar-refractivity contribution >= 4 is 23.1 Å². The Bertz CT molecular complexity index is 796. The molecule has 4 nitrogen and oxygen atoms in total. The summed E-state index contributed by atoms with van der Waals surface area (Å²) in [5.74, 6) is 1.18. The van der Waals surface area contributed by atoms with Crippen LogP contribution in [0, 0.1) is 0 Å². The van der Waals surface area contributed by atoms with Crippen molar-refractivity contribution in [3.05, 3.63) is 46.4 Å². The number of hydrogen-bond donors (Lipinski definition) is 1. The molecular formula is C19H21ClN4. The molecule has 0 unspecified atom stereocenters. The lowest BCUT2D eigenvalue weighted by atomic mass is 9.74. The van der Waals surface area contributed by atoms with Gasteiger partial charge in [-0.05, 0) is 55.9 Å². The van der Waals surface area contributed by atoms with E-state index in [1.807, 2.05) is 6.07 Å². The van der Waals surface area contributed by atoms with Crippen LogP contribution >= 0.6 is 11.6 Å². The Morgan fingerprint density at radius 1 is 1.12 bits per heavy atom. The van der Waals surface area contributed by atoms with E-state index in [4.69, 9.17) is 11.6 Å². The Hall–Kier alpha value is -1.81. The number of nitrogens with zero attached hydrogens (tertiary/aromatic N) is 3. The van der Waals surface area contributed by atoms with Crippen LogP contribution < -0.4 is 10.2 Å². The summed E-state index contributed by atoms with van der Waals surface area (Å²) in [7, 11) is 0. The van der Waals surface area contributed by atoms with Gasteiger partial charge in [0.1, 0.15) is 12.1 Å². The molecule has 0 atom stereocenters. The predicted octanol–water partition coefficient (Wildman–Crippen LogP) is 3.58. The maximum atomic E-state index is 6.26. The molecule has 1 aliphatic carbocycles. The molecule has 2 aromatic rings. The molecule has 24 heavy (non-hydrogen) atoms. The average molecular weight is 341 g/mol. The van der Waals surface area contributed by atoms with E-state index < -0.39 is 0 Å². The number of nitrogens with one attached hydrogen (secondary N) is 1. The Balaban J connectivity index is 1.41. The molecule has 5 heteroatoms. The molecule has 0 bridgehead atoms. The molecule has 0 radical (unpaired) electrons. The van der Waals surface area contributed by atoms with Crippen molar-refractivity contribution in [3.8, 4) is 0 Å². The van der Waals surface area contributed by atoms with Crippen molar-refractivity contribution in [2.45, 2.75) is 37.5 Å². The molecule has 0 amide bonds. The van der Waals surface area contributed by atoms with E-state index in [-0.39, 0.29) is 5.41 Å². The van der Waals surface area contributed by atoms with Gasteiger partial charge in [0.2, 0.25) is 0 Å². The summed E-state index contributed by atoms with van der Waals surface area (Å²) in [6, 6.07) is 6.26. The quantitative estimate of drug-likeness (QED) is 0.861. The van der Waals surface area contributed by atoms with Gasteiger partial charge in [-0.15, -0.1) is 0 Å². The molecule has 2 aliphatic heterocycles. The fourth-order valence-corrected chi connectivity index (χ4v) is 4.85. The normalized spacial score (nSPS) is 20.8. The lowest BCUT2D eigenvalue weighted by molar-refractivity contribution is 0.360. The van der Waals surface area contributed by atoms with E-state index in [9.17, 15) is 0 Å². The second-order valence-electron chi connectivity index (χ2n) is 7.29. The second-order valence-corrected chi connectivity index (χ2v) is 7.72. The van der Waals surface area contributed by atoms with Crippen molar-refractivity contribution in [1.29, 1.82) is 0 Å². The van der Waals surface area contributed by atoms with Crippen molar-refractivity contribution < 1.29 is 0 Å². The van der Waals surface area contributed by atoms with Crippen LogP contribution in [0.1, 0.15) is 36.1 Å². The fraction of sp³-hybridized carbons (Fsp3) is 0.474. The van der Waals surface area contributed by atoms with Crippen LogP contribution in [0.3, 0.4) is 0 Å². The SMILES string of the molecule is Clc1ccc2c(c1)C1(CCN(c3ncnc4c3CCC4)CC1)CN2. The lowest BCUT2D eigenvalue weighted by Gasteiger charge is -2.40. The van der Waals surface area contributed by atoms with E-state index in [2.05, 4.69) is 32.3 Å². The molecule has 1 spiro atoms. The van der Waals surface area contributed by atoms with Crippen molar-refractivity contribution in [2.75, 3.05) is 29.9 Å². The van der Waals surface area contributed by atoms with Crippen LogP contribution in [0.4, 0.5) is 11.5 Å². The third-order valence-electron chi connectivity index (χ3n) is 6.04. The van der Waals surface area contributed by atoms with Crippen LogP contribution in [0.2, 0.25) is 5.02 Å². The maximum absolute atomic E-state index is 6.26. The molecule has 3 aliphatic rings. The van der Waals surface area contributed by atoms with Gasteiger partial charge in [-0.2, -0.15) is 0 Å². The Morgan fingerprint density at radius 3 is 2.88 bits per heavy atom.